The van der Waals surface area contributed by atoms with Gasteiger partial charge in [-0.05, 0) is 104 Å². The quantitative estimate of drug-likeness (QED) is 0.0422. The molecule has 78 heavy (non-hydrogen) atoms. The molecule has 0 aliphatic carbocycles. The van der Waals surface area contributed by atoms with Crippen molar-refractivity contribution in [3.8, 4) is 11.5 Å². The minimum Gasteiger partial charge on any atom is -0.542 e. The molecule has 3 fully saturated rings. The molecule has 438 valence electrons. The fourth-order valence-corrected chi connectivity index (χ4v) is 9.25. The second-order valence-electron chi connectivity index (χ2n) is 21.2. The number of hydrogen-bond donors (Lipinski definition) is 4. The molecule has 0 spiro atoms. The number of rotatable bonds is 18. The number of nitrogens with two attached hydrogens (primary N) is 1. The summed E-state index contributed by atoms with van der Waals surface area (Å²) in [6.45, 7) is 25.3. The van der Waals surface area contributed by atoms with E-state index in [9.17, 15) is 9.59 Å². The highest BCUT2D eigenvalue weighted by molar-refractivity contribution is 6.74. The average molecular weight is 1150 g/mol. The molecule has 14 nitrogen and oxygen atoms in total. The average Bonchev–Trinajstić information content (AvgIpc) is 4.03. The second-order valence-corrected chi connectivity index (χ2v) is 26.8. The first-order chi connectivity index (χ1) is 37.5. The van der Waals surface area contributed by atoms with Crippen LogP contribution in [0.1, 0.15) is 164 Å². The Morgan fingerprint density at radius 2 is 1.00 bits per heavy atom. The molecule has 0 radical (unpaired) electrons. The van der Waals surface area contributed by atoms with Gasteiger partial charge in [-0.25, -0.2) is 19.6 Å². The molecular weight excluding hydrogens is 1050 g/mol. The van der Waals surface area contributed by atoms with Crippen LogP contribution in [0.15, 0.2) is 85.2 Å². The Balaban J connectivity index is 0.000000386. The minimum atomic E-state index is -1.92. The maximum atomic E-state index is 12.3. The van der Waals surface area contributed by atoms with Gasteiger partial charge in [0.2, 0.25) is 0 Å². The zero-order valence-corrected chi connectivity index (χ0v) is 51.1. The lowest BCUT2D eigenvalue weighted by atomic mass is 10.1. The fraction of sp³-hybridized carbons (Fsp3) is 0.600. The zero-order valence-electron chi connectivity index (χ0n) is 48.6. The van der Waals surface area contributed by atoms with Gasteiger partial charge in [-0.3, -0.25) is 10.6 Å². The molecular formula is C60H96Cl2FN7O7Si. The molecule has 3 aliphatic rings. The predicted octanol–water partition coefficient (Wildman–Crippen LogP) is 17.4. The lowest BCUT2D eigenvalue weighted by molar-refractivity contribution is 0.0942. The van der Waals surface area contributed by atoms with Gasteiger partial charge < -0.3 is 33.5 Å². The van der Waals surface area contributed by atoms with E-state index in [-0.39, 0.29) is 23.0 Å². The van der Waals surface area contributed by atoms with Crippen LogP contribution in [-0.2, 0) is 14.2 Å². The van der Waals surface area contributed by atoms with E-state index in [1.807, 2.05) is 54.6 Å². The molecule has 5 heterocycles. The number of ether oxygens (including phenoxy) is 3. The first kappa shape index (κ1) is 69.2. The largest absolute Gasteiger partial charge is 0.542 e. The third-order valence-electron chi connectivity index (χ3n) is 13.7. The summed E-state index contributed by atoms with van der Waals surface area (Å²) < 4.78 is 31.2. The number of aromatic hydroxyl groups is 1. The number of nitrogens with zero attached hydrogens (tertiary/aromatic N) is 4. The van der Waals surface area contributed by atoms with Crippen LogP contribution >= 0.6 is 23.2 Å². The van der Waals surface area contributed by atoms with Crippen molar-refractivity contribution in [3.63, 3.8) is 0 Å². The van der Waals surface area contributed by atoms with Crippen molar-refractivity contribution in [1.29, 1.82) is 0 Å². The summed E-state index contributed by atoms with van der Waals surface area (Å²) >= 11 is 11.9. The van der Waals surface area contributed by atoms with E-state index in [0.29, 0.717) is 11.6 Å². The maximum absolute atomic E-state index is 12.3. The number of benzene rings is 2. The standard InChI is InChI=1S/C23H32ClN3O3Si.C17H18ClN3O3.2C8H18.C4H8O.FH2N/c1-23(2,3)31(4,5)30-20-10-11-21(25-16-20)26-22(28)29-19-12-14-27(15-13-19)18-8-6-17(24)7-9-18;18-12-1-3-13(4-2-12)21-9-7-15(8-10-21)24-17(23)20-16-6-5-14(22)11-19-16;2*1-3-5-7-8-6-4-2;1-2-4-5-3-1;1-2/h6-11,16,19H,12-15H2,1-5H3,(H,25,26,28);1-6,11,15,22H,7-10H2,(H,19,20,23);2*3-8H2,1-2H3;1-4H2;2H2. The van der Waals surface area contributed by atoms with Crippen LogP contribution in [0.25, 0.3) is 0 Å². The van der Waals surface area contributed by atoms with Gasteiger partial charge >= 0.3 is 12.2 Å². The van der Waals surface area contributed by atoms with Gasteiger partial charge in [-0.1, -0.05) is 149 Å². The number of unbranched alkanes of at least 4 members (excludes halogenated alkanes) is 10. The lowest BCUT2D eigenvalue weighted by Gasteiger charge is -2.36. The molecule has 3 saturated heterocycles. The van der Waals surface area contributed by atoms with E-state index in [0.717, 1.165) is 92.2 Å². The van der Waals surface area contributed by atoms with Crippen molar-refractivity contribution in [1.82, 2.24) is 9.97 Å². The van der Waals surface area contributed by atoms with Gasteiger partial charge in [-0.15, -0.1) is 4.48 Å². The van der Waals surface area contributed by atoms with E-state index < -0.39 is 20.5 Å². The third-order valence-corrected chi connectivity index (χ3v) is 18.5. The Bertz CT molecular complexity index is 2110. The van der Waals surface area contributed by atoms with E-state index in [1.54, 1.807) is 12.3 Å². The molecule has 7 rings (SSSR count). The van der Waals surface area contributed by atoms with Crippen LogP contribution in [-0.4, -0.2) is 87.2 Å². The molecule has 0 unspecified atom stereocenters. The number of piperidine rings is 2. The molecule has 2 aromatic heterocycles. The number of carbonyl (C=O) groups is 2. The van der Waals surface area contributed by atoms with Crippen molar-refractivity contribution in [3.05, 3.63) is 95.2 Å². The Kier molecular flexibility index (Phi) is 35.8. The van der Waals surface area contributed by atoms with Crippen LogP contribution in [0, 0.1) is 0 Å². The molecule has 0 saturated carbocycles. The third kappa shape index (κ3) is 29.9. The number of halogens is 3. The first-order valence-corrected chi connectivity index (χ1v) is 32.2. The summed E-state index contributed by atoms with van der Waals surface area (Å²) in [5.41, 5.74) is 2.26. The summed E-state index contributed by atoms with van der Waals surface area (Å²) in [5.74, 6) is 4.56. The molecule has 2 amide bonds. The number of pyridine rings is 2. The van der Waals surface area contributed by atoms with E-state index in [4.69, 9.17) is 51.4 Å². The molecule has 3 aliphatic heterocycles. The van der Waals surface area contributed by atoms with Gasteiger partial charge in [0.1, 0.15) is 35.3 Å². The molecule has 2 aromatic carbocycles. The topological polar surface area (TPSA) is 174 Å². The van der Waals surface area contributed by atoms with Gasteiger partial charge in [0.25, 0.3) is 8.32 Å². The number of anilines is 4. The van der Waals surface area contributed by atoms with Crippen LogP contribution in [0.3, 0.4) is 0 Å². The Morgan fingerprint density at radius 1 is 0.628 bits per heavy atom. The number of carbonyl (C=O) groups excluding carboxylic acids is 2. The summed E-state index contributed by atoms with van der Waals surface area (Å²) in [7, 11) is -1.92. The highest BCUT2D eigenvalue weighted by atomic mass is 35.5. The molecule has 4 aromatic rings. The van der Waals surface area contributed by atoms with Crippen LogP contribution in [0.2, 0.25) is 28.2 Å². The number of amides is 2. The van der Waals surface area contributed by atoms with Crippen LogP contribution < -0.4 is 30.8 Å². The number of hydrogen-bond acceptors (Lipinski definition) is 12. The van der Waals surface area contributed by atoms with Gasteiger partial charge in [0.05, 0.1) is 12.4 Å². The smallest absolute Gasteiger partial charge is 0.413 e. The summed E-state index contributed by atoms with van der Waals surface area (Å²) in [6, 6.07) is 22.1. The van der Waals surface area contributed by atoms with Crippen LogP contribution in [0.4, 0.5) is 37.1 Å². The minimum absolute atomic E-state index is 0.0449. The Labute approximate surface area is 479 Å². The SMILES string of the molecule is C1CCOC1.CC(C)(C)[Si](C)(C)Oc1ccc(NC(=O)OC2CCN(c3ccc(Cl)cc3)CC2)nc1.CCCCCCCC.CCCCCCCC.NF.O=C(Nc1ccc(O)cn1)OC1CCN(c2ccc(Cl)cc2)CC1. The molecule has 0 atom stereocenters. The van der Waals surface area contributed by atoms with Crippen molar-refractivity contribution in [2.24, 2.45) is 5.96 Å². The fourth-order valence-electron chi connectivity index (χ4n) is 7.98. The summed E-state index contributed by atoms with van der Waals surface area (Å²) in [6.07, 6.45) is 24.3. The Hall–Kier alpha value is -4.87. The predicted molar refractivity (Wildman–Crippen MR) is 325 cm³/mol. The zero-order chi connectivity index (χ0) is 57.6. The first-order valence-electron chi connectivity index (χ1n) is 28.5. The van der Waals surface area contributed by atoms with Crippen LogP contribution in [0.5, 0.6) is 11.5 Å². The number of nitrogens with one attached hydrogen (secondary N) is 2. The van der Waals surface area contributed by atoms with E-state index in [2.05, 4.69) is 97.9 Å². The van der Waals surface area contributed by atoms with Crippen molar-refractivity contribution >= 4 is 66.7 Å². The second kappa shape index (κ2) is 40.3. The monoisotopic (exact) mass is 1140 g/mol. The van der Waals surface area contributed by atoms with Gasteiger partial charge in [-0.2, -0.15) is 5.96 Å². The number of aromatic nitrogens is 2. The van der Waals surface area contributed by atoms with Crippen molar-refractivity contribution in [2.45, 2.75) is 194 Å². The lowest BCUT2D eigenvalue weighted by Crippen LogP contribution is -2.43. The highest BCUT2D eigenvalue weighted by Crippen LogP contribution is 2.37. The molecule has 5 N–H and O–H groups in total. The summed E-state index contributed by atoms with van der Waals surface area (Å²) in [4.78, 5) is 36.9. The van der Waals surface area contributed by atoms with Gasteiger partial charge in [0.15, 0.2) is 0 Å². The summed E-state index contributed by atoms with van der Waals surface area (Å²) in [5, 5.41) is 16.0. The van der Waals surface area contributed by atoms with Crippen molar-refractivity contribution < 1.29 is 37.8 Å². The maximum Gasteiger partial charge on any atom is 0.413 e. The molecule has 18 heteroatoms. The van der Waals surface area contributed by atoms with Crippen molar-refractivity contribution in [2.75, 3.05) is 59.8 Å². The van der Waals surface area contributed by atoms with Gasteiger partial charge in [0, 0.05) is 86.5 Å². The Morgan fingerprint density at radius 3 is 1.29 bits per heavy atom. The normalized spacial score (nSPS) is 14.4. The van der Waals surface area contributed by atoms with E-state index >= 15 is 0 Å². The highest BCUT2D eigenvalue weighted by Gasteiger charge is 2.39. The van der Waals surface area contributed by atoms with E-state index in [1.165, 1.54) is 108 Å². The molecule has 0 bridgehead atoms.